The predicted octanol–water partition coefficient (Wildman–Crippen LogP) is 1.94. The first-order chi connectivity index (χ1) is 9.22. The number of piperazine rings is 1. The molecule has 0 amide bonds. The highest BCUT2D eigenvalue weighted by Gasteiger charge is 2.45. The van der Waals surface area contributed by atoms with Gasteiger partial charge in [0.05, 0.1) is 0 Å². The molecular formula is C16H25N3. The van der Waals surface area contributed by atoms with E-state index in [1.165, 1.54) is 57.7 Å². The molecule has 1 heterocycles. The van der Waals surface area contributed by atoms with Crippen molar-refractivity contribution in [3.8, 4) is 0 Å². The molecule has 0 radical (unpaired) electrons. The van der Waals surface area contributed by atoms with E-state index in [9.17, 15) is 0 Å². The summed E-state index contributed by atoms with van der Waals surface area (Å²) in [7, 11) is 0. The van der Waals surface area contributed by atoms with Gasteiger partial charge in [0.25, 0.3) is 0 Å². The molecule has 2 N–H and O–H groups in total. The second-order valence-electron chi connectivity index (χ2n) is 6.11. The molecule has 0 spiro atoms. The van der Waals surface area contributed by atoms with E-state index in [0.29, 0.717) is 5.41 Å². The van der Waals surface area contributed by atoms with Crippen molar-refractivity contribution in [2.75, 3.05) is 45.0 Å². The maximum atomic E-state index is 5.79. The Labute approximate surface area is 116 Å². The van der Waals surface area contributed by atoms with E-state index >= 15 is 0 Å². The lowest BCUT2D eigenvalue weighted by molar-refractivity contribution is 0.128. The summed E-state index contributed by atoms with van der Waals surface area (Å²) in [5, 5.41) is 0. The molecule has 0 atom stereocenters. The highest BCUT2D eigenvalue weighted by atomic mass is 15.3. The maximum Gasteiger partial charge on any atom is 0.0314 e. The number of anilines is 1. The molecule has 1 aromatic carbocycles. The zero-order valence-electron chi connectivity index (χ0n) is 11.9. The van der Waals surface area contributed by atoms with Gasteiger partial charge in [-0.25, -0.2) is 0 Å². The Morgan fingerprint density at radius 3 is 2.11 bits per heavy atom. The first kappa shape index (κ1) is 12.9. The zero-order valence-corrected chi connectivity index (χ0v) is 11.9. The summed E-state index contributed by atoms with van der Waals surface area (Å²) < 4.78 is 0. The van der Waals surface area contributed by atoms with E-state index in [-0.39, 0.29) is 0 Å². The average molecular weight is 259 g/mol. The van der Waals surface area contributed by atoms with Crippen LogP contribution >= 0.6 is 0 Å². The third-order valence-corrected chi connectivity index (χ3v) is 4.82. The van der Waals surface area contributed by atoms with Crippen molar-refractivity contribution in [3.05, 3.63) is 29.8 Å². The summed E-state index contributed by atoms with van der Waals surface area (Å²) in [6.07, 6.45) is 2.68. The summed E-state index contributed by atoms with van der Waals surface area (Å²) in [5.74, 6) is 0. The molecule has 1 aliphatic heterocycles. The van der Waals surface area contributed by atoms with Gasteiger partial charge in [-0.05, 0) is 37.1 Å². The van der Waals surface area contributed by atoms with Gasteiger partial charge in [0.15, 0.2) is 0 Å². The summed E-state index contributed by atoms with van der Waals surface area (Å²) in [5.41, 5.74) is 8.58. The molecule has 1 aliphatic carbocycles. The molecular weight excluding hydrogens is 234 g/mol. The van der Waals surface area contributed by atoms with Crippen LogP contribution in [0.25, 0.3) is 0 Å². The third-order valence-electron chi connectivity index (χ3n) is 4.82. The quantitative estimate of drug-likeness (QED) is 0.839. The highest BCUT2D eigenvalue weighted by molar-refractivity contribution is 5.43. The highest BCUT2D eigenvalue weighted by Crippen LogP contribution is 2.48. The lowest BCUT2D eigenvalue weighted by atomic mass is 9.95. The van der Waals surface area contributed by atoms with Gasteiger partial charge in [-0.1, -0.05) is 19.1 Å². The molecule has 1 saturated carbocycles. The second-order valence-corrected chi connectivity index (χ2v) is 6.11. The molecule has 2 aliphatic rings. The fourth-order valence-electron chi connectivity index (χ4n) is 3.22. The van der Waals surface area contributed by atoms with Gasteiger partial charge in [-0.2, -0.15) is 0 Å². The third kappa shape index (κ3) is 2.77. The minimum atomic E-state index is 0.433. The summed E-state index contributed by atoms with van der Waals surface area (Å²) in [6.45, 7) is 9.59. The molecule has 3 heteroatoms. The summed E-state index contributed by atoms with van der Waals surface area (Å²) in [6, 6.07) is 8.55. The Kier molecular flexibility index (Phi) is 3.50. The molecule has 0 unspecified atom stereocenters. The molecule has 3 rings (SSSR count). The first-order valence-electron chi connectivity index (χ1n) is 7.53. The van der Waals surface area contributed by atoms with Crippen LogP contribution in [0.15, 0.2) is 24.3 Å². The largest absolute Gasteiger partial charge is 0.399 e. The molecule has 0 bridgehead atoms. The van der Waals surface area contributed by atoms with Crippen LogP contribution in [0, 0.1) is 0 Å². The smallest absolute Gasteiger partial charge is 0.0314 e. The van der Waals surface area contributed by atoms with E-state index in [1.54, 1.807) is 0 Å². The lowest BCUT2D eigenvalue weighted by Gasteiger charge is -2.36. The monoisotopic (exact) mass is 259 g/mol. The number of hydrogen-bond acceptors (Lipinski definition) is 3. The normalized spacial score (nSPS) is 23.4. The van der Waals surface area contributed by atoms with Crippen molar-refractivity contribution < 1.29 is 0 Å². The SMILES string of the molecule is CCN1CCN(CC2(c3ccc(N)cc3)CC2)CC1. The van der Waals surface area contributed by atoms with Gasteiger partial charge in [0, 0.05) is 43.8 Å². The van der Waals surface area contributed by atoms with E-state index < -0.39 is 0 Å². The van der Waals surface area contributed by atoms with Crippen molar-refractivity contribution in [2.45, 2.75) is 25.2 Å². The molecule has 2 fully saturated rings. The number of nitrogens with zero attached hydrogens (tertiary/aromatic N) is 2. The summed E-state index contributed by atoms with van der Waals surface area (Å²) in [4.78, 5) is 5.19. The van der Waals surface area contributed by atoms with Gasteiger partial charge in [0.1, 0.15) is 0 Å². The summed E-state index contributed by atoms with van der Waals surface area (Å²) >= 11 is 0. The van der Waals surface area contributed by atoms with Gasteiger partial charge in [0.2, 0.25) is 0 Å². The molecule has 19 heavy (non-hydrogen) atoms. The van der Waals surface area contributed by atoms with Crippen LogP contribution < -0.4 is 5.73 Å². The van der Waals surface area contributed by atoms with Crippen LogP contribution in [0.3, 0.4) is 0 Å². The molecule has 3 nitrogen and oxygen atoms in total. The minimum absolute atomic E-state index is 0.433. The standard InChI is InChI=1S/C16H25N3/c1-2-18-9-11-19(12-10-18)13-16(7-8-16)14-3-5-15(17)6-4-14/h3-6H,2,7-13,17H2,1H3. The molecule has 1 saturated heterocycles. The van der Waals surface area contributed by atoms with E-state index in [1.807, 2.05) is 12.1 Å². The maximum absolute atomic E-state index is 5.79. The van der Waals surface area contributed by atoms with Crippen LogP contribution in [0.1, 0.15) is 25.3 Å². The van der Waals surface area contributed by atoms with Crippen LogP contribution in [-0.4, -0.2) is 49.1 Å². The second kappa shape index (κ2) is 5.14. The van der Waals surface area contributed by atoms with Gasteiger partial charge in [-0.3, -0.25) is 4.90 Å². The van der Waals surface area contributed by atoms with Gasteiger partial charge in [-0.15, -0.1) is 0 Å². The van der Waals surface area contributed by atoms with E-state index in [0.717, 1.165) is 5.69 Å². The van der Waals surface area contributed by atoms with Crippen LogP contribution in [-0.2, 0) is 5.41 Å². The fourth-order valence-corrected chi connectivity index (χ4v) is 3.22. The first-order valence-corrected chi connectivity index (χ1v) is 7.53. The average Bonchev–Trinajstić information content (AvgIpc) is 3.21. The van der Waals surface area contributed by atoms with Crippen LogP contribution in [0.5, 0.6) is 0 Å². The zero-order chi connectivity index (χ0) is 13.3. The number of nitrogen functional groups attached to an aromatic ring is 1. The van der Waals surface area contributed by atoms with E-state index in [4.69, 9.17) is 5.73 Å². The Bertz CT molecular complexity index is 414. The van der Waals surface area contributed by atoms with Crippen molar-refractivity contribution in [1.29, 1.82) is 0 Å². The number of hydrogen-bond donors (Lipinski definition) is 1. The lowest BCUT2D eigenvalue weighted by Crippen LogP contribution is -2.48. The van der Waals surface area contributed by atoms with Crippen molar-refractivity contribution in [2.24, 2.45) is 0 Å². The van der Waals surface area contributed by atoms with Gasteiger partial charge < -0.3 is 10.6 Å². The number of rotatable bonds is 4. The molecule has 0 aromatic heterocycles. The number of nitrogens with two attached hydrogens (primary N) is 1. The number of benzene rings is 1. The Balaban J connectivity index is 1.62. The fraction of sp³-hybridized carbons (Fsp3) is 0.625. The number of likely N-dealkylation sites (N-methyl/N-ethyl adjacent to an activating group) is 1. The van der Waals surface area contributed by atoms with Crippen molar-refractivity contribution >= 4 is 5.69 Å². The Morgan fingerprint density at radius 2 is 1.58 bits per heavy atom. The Morgan fingerprint density at radius 1 is 1.00 bits per heavy atom. The predicted molar refractivity (Wildman–Crippen MR) is 80.3 cm³/mol. The Hall–Kier alpha value is -1.06. The minimum Gasteiger partial charge on any atom is -0.399 e. The van der Waals surface area contributed by atoms with E-state index in [2.05, 4.69) is 28.9 Å². The molecule has 1 aromatic rings. The van der Waals surface area contributed by atoms with Gasteiger partial charge >= 0.3 is 0 Å². The van der Waals surface area contributed by atoms with Crippen LogP contribution in [0.4, 0.5) is 5.69 Å². The van der Waals surface area contributed by atoms with Crippen molar-refractivity contribution in [3.63, 3.8) is 0 Å². The topological polar surface area (TPSA) is 32.5 Å². The van der Waals surface area contributed by atoms with Crippen LogP contribution in [0.2, 0.25) is 0 Å². The van der Waals surface area contributed by atoms with Crippen molar-refractivity contribution in [1.82, 2.24) is 9.80 Å². The molecule has 104 valence electrons.